The third-order valence-electron chi connectivity index (χ3n) is 5.67. The van der Waals surface area contributed by atoms with Gasteiger partial charge in [-0.3, -0.25) is 9.59 Å². The van der Waals surface area contributed by atoms with Gasteiger partial charge in [-0.15, -0.1) is 11.3 Å². The molecule has 5 nitrogen and oxygen atoms in total. The maximum Gasteiger partial charge on any atom is 0.255 e. The van der Waals surface area contributed by atoms with Crippen LogP contribution in [-0.4, -0.2) is 16.8 Å². The van der Waals surface area contributed by atoms with E-state index >= 15 is 0 Å². The summed E-state index contributed by atoms with van der Waals surface area (Å²) in [4.78, 5) is 29.5. The van der Waals surface area contributed by atoms with Gasteiger partial charge in [-0.2, -0.15) is 0 Å². The fourth-order valence-corrected chi connectivity index (χ4v) is 4.62. The lowest BCUT2D eigenvalue weighted by Gasteiger charge is -2.22. The summed E-state index contributed by atoms with van der Waals surface area (Å²) in [6.45, 7) is 0. The third-order valence-corrected chi connectivity index (χ3v) is 6.36. The minimum atomic E-state index is -0.130. The maximum absolute atomic E-state index is 13.0. The number of hydrogen-bond acceptors (Lipinski definition) is 4. The van der Waals surface area contributed by atoms with E-state index in [2.05, 4.69) is 15.6 Å². The molecule has 2 N–H and O–H groups in total. The van der Waals surface area contributed by atoms with Crippen molar-refractivity contribution in [1.29, 1.82) is 0 Å². The van der Waals surface area contributed by atoms with Crippen LogP contribution in [0.3, 0.4) is 0 Å². The van der Waals surface area contributed by atoms with Gasteiger partial charge in [0.1, 0.15) is 0 Å². The van der Waals surface area contributed by atoms with Crippen LogP contribution in [-0.2, 0) is 11.2 Å². The number of thiazole rings is 1. The van der Waals surface area contributed by atoms with E-state index in [1.165, 1.54) is 24.2 Å². The van der Waals surface area contributed by atoms with Crippen molar-refractivity contribution in [2.75, 3.05) is 10.6 Å². The first-order chi connectivity index (χ1) is 14.7. The minimum Gasteiger partial charge on any atom is -0.322 e. The van der Waals surface area contributed by atoms with Gasteiger partial charge in [0.05, 0.1) is 0 Å². The Morgan fingerprint density at radius 2 is 1.73 bits per heavy atom. The summed E-state index contributed by atoms with van der Waals surface area (Å²) in [5, 5.41) is 8.43. The van der Waals surface area contributed by atoms with Gasteiger partial charge in [0.15, 0.2) is 5.13 Å². The molecule has 1 aromatic heterocycles. The number of nitrogens with zero attached hydrogens (tertiary/aromatic N) is 1. The van der Waals surface area contributed by atoms with Gasteiger partial charge in [0.25, 0.3) is 5.91 Å². The number of carbonyl (C=O) groups excluding carboxylic acids is 2. The summed E-state index contributed by atoms with van der Waals surface area (Å²) < 4.78 is 0. The van der Waals surface area contributed by atoms with Gasteiger partial charge in [-0.1, -0.05) is 43.2 Å². The van der Waals surface area contributed by atoms with Gasteiger partial charge in [-0.05, 0) is 55.0 Å². The number of benzene rings is 2. The zero-order valence-corrected chi connectivity index (χ0v) is 17.5. The molecule has 1 fully saturated rings. The molecule has 1 aliphatic carbocycles. The van der Waals surface area contributed by atoms with Gasteiger partial charge in [0.2, 0.25) is 5.91 Å². The molecular formula is C24H25N3O2S. The SMILES string of the molecule is O=C(Nc1ccc(CC(C(=O)Nc2nccs2)C2CCCC2)cc1)c1ccccc1. The third kappa shape index (κ3) is 5.13. The average Bonchev–Trinajstić information content (AvgIpc) is 3.48. The van der Waals surface area contributed by atoms with Crippen molar-refractivity contribution in [3.05, 3.63) is 77.3 Å². The van der Waals surface area contributed by atoms with Gasteiger partial charge in [0, 0.05) is 28.7 Å². The van der Waals surface area contributed by atoms with Gasteiger partial charge in [-0.25, -0.2) is 4.98 Å². The highest BCUT2D eigenvalue weighted by Crippen LogP contribution is 2.34. The molecule has 0 saturated heterocycles. The second-order valence-corrected chi connectivity index (χ2v) is 8.59. The largest absolute Gasteiger partial charge is 0.322 e. The smallest absolute Gasteiger partial charge is 0.255 e. The standard InChI is InChI=1S/C24H25N3O2S/c28-22(19-8-2-1-3-9-19)26-20-12-10-17(11-13-20)16-21(18-6-4-5-7-18)23(29)27-24-25-14-15-30-24/h1-3,8-15,18,21H,4-7,16H2,(H,26,28)(H,25,27,29). The van der Waals surface area contributed by atoms with Crippen LogP contribution in [0, 0.1) is 11.8 Å². The Hall–Kier alpha value is -2.99. The summed E-state index contributed by atoms with van der Waals surface area (Å²) in [5.74, 6) is 0.261. The van der Waals surface area contributed by atoms with Crippen LogP contribution in [0.4, 0.5) is 10.8 Å². The summed E-state index contributed by atoms with van der Waals surface area (Å²) in [6.07, 6.45) is 6.97. The molecule has 0 bridgehead atoms. The highest BCUT2D eigenvalue weighted by molar-refractivity contribution is 7.13. The van der Waals surface area contributed by atoms with Crippen LogP contribution in [0.1, 0.15) is 41.6 Å². The summed E-state index contributed by atoms with van der Waals surface area (Å²) >= 11 is 1.44. The summed E-state index contributed by atoms with van der Waals surface area (Å²) in [7, 11) is 0. The Balaban J connectivity index is 1.42. The van der Waals surface area contributed by atoms with E-state index in [4.69, 9.17) is 0 Å². The average molecular weight is 420 g/mol. The molecule has 1 atom stereocenters. The zero-order chi connectivity index (χ0) is 20.8. The lowest BCUT2D eigenvalue weighted by molar-refractivity contribution is -0.121. The van der Waals surface area contributed by atoms with E-state index in [0.29, 0.717) is 23.0 Å². The fraction of sp³-hybridized carbons (Fsp3) is 0.292. The molecule has 2 aromatic carbocycles. The van der Waals surface area contributed by atoms with Gasteiger partial charge < -0.3 is 10.6 Å². The van der Waals surface area contributed by atoms with E-state index in [-0.39, 0.29) is 17.7 Å². The molecule has 1 saturated carbocycles. The topological polar surface area (TPSA) is 71.1 Å². The Morgan fingerprint density at radius 3 is 2.40 bits per heavy atom. The van der Waals surface area contributed by atoms with E-state index in [1.54, 1.807) is 18.3 Å². The van der Waals surface area contributed by atoms with Crippen LogP contribution < -0.4 is 10.6 Å². The lowest BCUT2D eigenvalue weighted by atomic mass is 9.85. The normalized spacial score (nSPS) is 14.9. The first-order valence-electron chi connectivity index (χ1n) is 10.3. The molecule has 154 valence electrons. The molecule has 1 heterocycles. The van der Waals surface area contributed by atoms with Crippen LogP contribution in [0.15, 0.2) is 66.2 Å². The summed E-state index contributed by atoms with van der Waals surface area (Å²) in [5.41, 5.74) is 2.47. The van der Waals surface area contributed by atoms with Crippen molar-refractivity contribution in [3.8, 4) is 0 Å². The molecule has 0 aliphatic heterocycles. The van der Waals surface area contributed by atoms with Crippen molar-refractivity contribution in [1.82, 2.24) is 4.98 Å². The molecule has 30 heavy (non-hydrogen) atoms. The first kappa shape index (κ1) is 20.3. The monoisotopic (exact) mass is 419 g/mol. The number of nitrogens with one attached hydrogen (secondary N) is 2. The number of amides is 2. The van der Waals surface area contributed by atoms with E-state index in [0.717, 1.165) is 24.1 Å². The molecule has 1 aliphatic rings. The number of hydrogen-bond donors (Lipinski definition) is 2. The number of aromatic nitrogens is 1. The van der Waals surface area contributed by atoms with Crippen LogP contribution >= 0.6 is 11.3 Å². The molecule has 2 amide bonds. The van der Waals surface area contributed by atoms with Crippen LogP contribution in [0.2, 0.25) is 0 Å². The van der Waals surface area contributed by atoms with Crippen LogP contribution in [0.25, 0.3) is 0 Å². The van der Waals surface area contributed by atoms with Crippen molar-refractivity contribution < 1.29 is 9.59 Å². The lowest BCUT2D eigenvalue weighted by Crippen LogP contribution is -2.30. The highest BCUT2D eigenvalue weighted by Gasteiger charge is 2.31. The number of carbonyl (C=O) groups is 2. The second-order valence-electron chi connectivity index (χ2n) is 7.70. The summed E-state index contributed by atoms with van der Waals surface area (Å²) in [6, 6.07) is 17.0. The van der Waals surface area contributed by atoms with Crippen molar-refractivity contribution >= 4 is 34.0 Å². The highest BCUT2D eigenvalue weighted by atomic mass is 32.1. The van der Waals surface area contributed by atoms with Crippen molar-refractivity contribution in [2.24, 2.45) is 11.8 Å². The molecule has 4 rings (SSSR count). The predicted molar refractivity (Wildman–Crippen MR) is 121 cm³/mol. The van der Waals surface area contributed by atoms with Crippen LogP contribution in [0.5, 0.6) is 0 Å². The van der Waals surface area contributed by atoms with Crippen molar-refractivity contribution in [2.45, 2.75) is 32.1 Å². The Labute approximate surface area is 180 Å². The van der Waals surface area contributed by atoms with E-state index in [1.807, 2.05) is 47.8 Å². The zero-order valence-electron chi connectivity index (χ0n) is 16.7. The number of anilines is 2. The maximum atomic E-state index is 13.0. The first-order valence-corrected chi connectivity index (χ1v) is 11.2. The molecule has 0 spiro atoms. The predicted octanol–water partition coefficient (Wildman–Crippen LogP) is 5.38. The fourth-order valence-electron chi connectivity index (χ4n) is 4.09. The van der Waals surface area contributed by atoms with E-state index < -0.39 is 0 Å². The Bertz CT molecular complexity index is 965. The van der Waals surface area contributed by atoms with Crippen molar-refractivity contribution in [3.63, 3.8) is 0 Å². The molecule has 6 heteroatoms. The Kier molecular flexibility index (Phi) is 6.54. The van der Waals surface area contributed by atoms with E-state index in [9.17, 15) is 9.59 Å². The Morgan fingerprint density at radius 1 is 1.00 bits per heavy atom. The molecule has 0 radical (unpaired) electrons. The quantitative estimate of drug-likeness (QED) is 0.540. The van der Waals surface area contributed by atoms with Gasteiger partial charge >= 0.3 is 0 Å². The minimum absolute atomic E-state index is 0.0540. The second kappa shape index (κ2) is 9.67. The molecule has 3 aromatic rings. The molecule has 1 unspecified atom stereocenters. The molecular weight excluding hydrogens is 394 g/mol. The number of rotatable bonds is 7.